The molecule has 4 fully saturated rings. The average Bonchev–Trinajstić information content (AvgIpc) is 2.86. The van der Waals surface area contributed by atoms with E-state index >= 15 is 0 Å². The largest absolute Gasteiger partial charge is 0.348 e. The number of carbonyl (C=O) groups is 1. The van der Waals surface area contributed by atoms with E-state index in [1.807, 2.05) is 24.8 Å². The number of hydrogen-bond acceptors (Lipinski definition) is 4. The first-order valence-electron chi connectivity index (χ1n) is 10.1. The zero-order valence-electron chi connectivity index (χ0n) is 16.0. The fraction of sp³-hybridized carbons (Fsp3) is 0.750. The summed E-state index contributed by atoms with van der Waals surface area (Å²) >= 11 is 0. The van der Waals surface area contributed by atoms with Crippen LogP contribution in [0.1, 0.15) is 43.5 Å². The summed E-state index contributed by atoms with van der Waals surface area (Å²) in [5, 5.41) is 0. The lowest BCUT2D eigenvalue weighted by molar-refractivity contribution is -0.132. The predicted octanol–water partition coefficient (Wildman–Crippen LogP) is 1.58. The molecular weight excluding hydrogens is 328 g/mol. The summed E-state index contributed by atoms with van der Waals surface area (Å²) in [5.41, 5.74) is 1.19. The lowest BCUT2D eigenvalue weighted by Gasteiger charge is -2.40. The van der Waals surface area contributed by atoms with Crippen molar-refractivity contribution in [2.24, 2.45) is 11.8 Å². The van der Waals surface area contributed by atoms with Gasteiger partial charge in [0.2, 0.25) is 5.91 Å². The van der Waals surface area contributed by atoms with E-state index in [-0.39, 0.29) is 18.1 Å². The second kappa shape index (κ2) is 7.14. The van der Waals surface area contributed by atoms with Gasteiger partial charge in [0.15, 0.2) is 0 Å². The van der Waals surface area contributed by atoms with Gasteiger partial charge in [0, 0.05) is 43.6 Å². The first kappa shape index (κ1) is 17.7. The van der Waals surface area contributed by atoms with Gasteiger partial charge >= 0.3 is 5.69 Å². The molecule has 0 spiro atoms. The van der Waals surface area contributed by atoms with Gasteiger partial charge < -0.3 is 4.90 Å². The van der Waals surface area contributed by atoms with Gasteiger partial charge in [-0.2, -0.15) is 4.98 Å². The van der Waals surface area contributed by atoms with Crippen molar-refractivity contribution >= 4 is 5.91 Å². The Morgan fingerprint density at radius 3 is 2.65 bits per heavy atom. The molecule has 142 valence electrons. The van der Waals surface area contributed by atoms with Crippen LogP contribution in [0.4, 0.5) is 0 Å². The normalized spacial score (nSPS) is 26.6. The third kappa shape index (κ3) is 3.56. The van der Waals surface area contributed by atoms with Crippen LogP contribution < -0.4 is 5.69 Å². The molecule has 0 unspecified atom stereocenters. The molecule has 1 aromatic rings. The molecule has 1 aromatic heterocycles. The smallest absolute Gasteiger partial charge is 0.339 e. The number of hydrogen-bond donors (Lipinski definition) is 0. The Morgan fingerprint density at radius 2 is 1.96 bits per heavy atom. The van der Waals surface area contributed by atoms with Gasteiger partial charge in [-0.1, -0.05) is 6.42 Å². The number of aromatic nitrogens is 2. The Labute approximate surface area is 155 Å². The minimum atomic E-state index is -0.319. The summed E-state index contributed by atoms with van der Waals surface area (Å²) in [6, 6.07) is 2.36. The summed E-state index contributed by atoms with van der Waals surface area (Å²) in [6.07, 6.45) is 6.56. The second-order valence-corrected chi connectivity index (χ2v) is 8.55. The minimum absolute atomic E-state index is 0.0586. The van der Waals surface area contributed by atoms with Crippen LogP contribution in [0.15, 0.2) is 10.9 Å². The second-order valence-electron chi connectivity index (χ2n) is 8.55. The molecule has 0 radical (unpaired) electrons. The molecule has 3 aliphatic heterocycles. The molecule has 1 saturated carbocycles. The molecule has 2 bridgehead atoms. The van der Waals surface area contributed by atoms with Crippen LogP contribution in [0.3, 0.4) is 0 Å². The van der Waals surface area contributed by atoms with E-state index in [1.54, 1.807) is 0 Å². The van der Waals surface area contributed by atoms with Crippen LogP contribution in [0.2, 0.25) is 0 Å². The van der Waals surface area contributed by atoms with E-state index < -0.39 is 0 Å². The van der Waals surface area contributed by atoms with Crippen LogP contribution in [-0.2, 0) is 11.3 Å². The van der Waals surface area contributed by atoms with Gasteiger partial charge in [-0.05, 0) is 57.4 Å². The molecule has 6 heteroatoms. The molecule has 26 heavy (non-hydrogen) atoms. The molecule has 4 heterocycles. The number of aryl methyl sites for hydroxylation is 2. The Bertz CT molecular complexity index is 740. The van der Waals surface area contributed by atoms with Crippen LogP contribution in [0.5, 0.6) is 0 Å². The lowest BCUT2D eigenvalue weighted by Crippen LogP contribution is -2.47. The summed E-state index contributed by atoms with van der Waals surface area (Å²) in [5.74, 6) is 1.51. The molecule has 0 aromatic carbocycles. The maximum Gasteiger partial charge on any atom is 0.348 e. The first-order valence-corrected chi connectivity index (χ1v) is 10.1. The van der Waals surface area contributed by atoms with Gasteiger partial charge in [-0.15, -0.1) is 0 Å². The van der Waals surface area contributed by atoms with Crippen molar-refractivity contribution in [3.8, 4) is 0 Å². The zero-order valence-corrected chi connectivity index (χ0v) is 16.0. The van der Waals surface area contributed by atoms with Crippen molar-refractivity contribution in [2.75, 3.05) is 26.2 Å². The molecule has 1 amide bonds. The van der Waals surface area contributed by atoms with Crippen molar-refractivity contribution in [1.29, 1.82) is 0 Å². The molecular formula is C20H30N4O2. The molecule has 4 aliphatic rings. The third-order valence-corrected chi connectivity index (χ3v) is 6.54. The van der Waals surface area contributed by atoms with Gasteiger partial charge in [0.1, 0.15) is 6.54 Å². The first-order chi connectivity index (χ1) is 12.5. The highest BCUT2D eigenvalue weighted by atomic mass is 16.2. The third-order valence-electron chi connectivity index (χ3n) is 6.54. The van der Waals surface area contributed by atoms with E-state index in [0.29, 0.717) is 17.7 Å². The van der Waals surface area contributed by atoms with Crippen LogP contribution in [-0.4, -0.2) is 57.5 Å². The lowest BCUT2D eigenvalue weighted by atomic mass is 9.83. The highest BCUT2D eigenvalue weighted by Gasteiger charge is 2.37. The Hall–Kier alpha value is -1.69. The summed E-state index contributed by atoms with van der Waals surface area (Å²) in [7, 11) is 0. The highest BCUT2D eigenvalue weighted by molar-refractivity contribution is 5.76. The van der Waals surface area contributed by atoms with E-state index in [1.165, 1.54) is 43.2 Å². The van der Waals surface area contributed by atoms with Crippen LogP contribution >= 0.6 is 0 Å². The Morgan fingerprint density at radius 1 is 1.15 bits per heavy atom. The summed E-state index contributed by atoms with van der Waals surface area (Å²) < 4.78 is 1.51. The van der Waals surface area contributed by atoms with Crippen molar-refractivity contribution in [2.45, 2.75) is 58.5 Å². The van der Waals surface area contributed by atoms with Gasteiger partial charge in [0.25, 0.3) is 0 Å². The molecule has 1 aliphatic carbocycles. The maximum absolute atomic E-state index is 12.9. The van der Waals surface area contributed by atoms with Crippen LogP contribution in [0.25, 0.3) is 0 Å². The quantitative estimate of drug-likeness (QED) is 0.820. The molecule has 5 rings (SSSR count). The molecule has 3 saturated heterocycles. The number of rotatable bonds is 4. The Kier molecular flexibility index (Phi) is 4.86. The van der Waals surface area contributed by atoms with E-state index in [2.05, 4.69) is 9.88 Å². The predicted molar refractivity (Wildman–Crippen MR) is 100.0 cm³/mol. The maximum atomic E-state index is 12.9. The van der Waals surface area contributed by atoms with Crippen LogP contribution in [0, 0.1) is 25.7 Å². The molecule has 6 nitrogen and oxygen atoms in total. The number of fused-ring (bicyclic) bond motifs is 4. The number of nitrogens with zero attached hydrogens (tertiary/aromatic N) is 4. The number of amides is 1. The van der Waals surface area contributed by atoms with Gasteiger partial charge in [0.05, 0.1) is 0 Å². The topological polar surface area (TPSA) is 58.4 Å². The van der Waals surface area contributed by atoms with Gasteiger partial charge in [-0.25, -0.2) is 4.79 Å². The summed E-state index contributed by atoms with van der Waals surface area (Å²) in [4.78, 5) is 33.8. The highest BCUT2D eigenvalue weighted by Crippen LogP contribution is 2.33. The number of piperidine rings is 1. The SMILES string of the molecule is Cc1cc(C)n(CC(=O)N2C[C@H]3CC[C@@H](C2)N(CC2CCC2)C3)c(=O)n1. The summed E-state index contributed by atoms with van der Waals surface area (Å²) in [6.45, 7) is 7.79. The van der Waals surface area contributed by atoms with E-state index in [9.17, 15) is 9.59 Å². The zero-order chi connectivity index (χ0) is 18.3. The van der Waals surface area contributed by atoms with E-state index in [4.69, 9.17) is 0 Å². The van der Waals surface area contributed by atoms with Crippen molar-refractivity contribution in [3.05, 3.63) is 27.9 Å². The fourth-order valence-corrected chi connectivity index (χ4v) is 4.82. The Balaban J connectivity index is 1.45. The molecule has 0 N–H and O–H groups in total. The average molecular weight is 358 g/mol. The van der Waals surface area contributed by atoms with E-state index in [0.717, 1.165) is 31.2 Å². The molecule has 2 atom stereocenters. The number of carbonyl (C=O) groups excluding carboxylic acids is 1. The van der Waals surface area contributed by atoms with Crippen molar-refractivity contribution < 1.29 is 4.79 Å². The fourth-order valence-electron chi connectivity index (χ4n) is 4.82. The minimum Gasteiger partial charge on any atom is -0.339 e. The van der Waals surface area contributed by atoms with Crippen molar-refractivity contribution in [1.82, 2.24) is 19.4 Å². The standard InChI is InChI=1S/C20H30N4O2/c1-14-8-15(2)24(20(26)21-14)13-19(25)23-11-17-6-7-18(12-23)22(10-17)9-16-4-3-5-16/h8,16-18H,3-7,9-13H2,1-2H3/t17-,18-/m0/s1. The van der Waals surface area contributed by atoms with Crippen molar-refractivity contribution in [3.63, 3.8) is 0 Å². The monoisotopic (exact) mass is 358 g/mol. The van der Waals surface area contributed by atoms with Gasteiger partial charge in [-0.3, -0.25) is 14.3 Å².